The van der Waals surface area contributed by atoms with Gasteiger partial charge in [0.1, 0.15) is 5.75 Å². The van der Waals surface area contributed by atoms with Crippen LogP contribution in [0.15, 0.2) is 18.2 Å². The summed E-state index contributed by atoms with van der Waals surface area (Å²) in [5.41, 5.74) is 0.749. The summed E-state index contributed by atoms with van der Waals surface area (Å²) in [5, 5.41) is 9.73. The van der Waals surface area contributed by atoms with E-state index in [2.05, 4.69) is 6.92 Å². The van der Waals surface area contributed by atoms with Gasteiger partial charge in [0.15, 0.2) is 0 Å². The van der Waals surface area contributed by atoms with Crippen molar-refractivity contribution >= 4 is 11.6 Å². The first-order chi connectivity index (χ1) is 7.27. The molecular formula is C12H17ClO2. The first-order valence-electron chi connectivity index (χ1n) is 5.30. The van der Waals surface area contributed by atoms with Gasteiger partial charge in [0.2, 0.25) is 0 Å². The zero-order valence-corrected chi connectivity index (χ0v) is 9.76. The van der Waals surface area contributed by atoms with Gasteiger partial charge in [0.05, 0.1) is 13.2 Å². The van der Waals surface area contributed by atoms with E-state index < -0.39 is 0 Å². The molecule has 15 heavy (non-hydrogen) atoms. The molecule has 0 aliphatic carbocycles. The van der Waals surface area contributed by atoms with Crippen molar-refractivity contribution in [1.29, 1.82) is 0 Å². The highest BCUT2D eigenvalue weighted by Gasteiger charge is 2.03. The van der Waals surface area contributed by atoms with Crippen LogP contribution in [0.3, 0.4) is 0 Å². The van der Waals surface area contributed by atoms with E-state index in [0.29, 0.717) is 11.6 Å². The zero-order valence-electron chi connectivity index (χ0n) is 9.00. The van der Waals surface area contributed by atoms with Gasteiger partial charge in [0, 0.05) is 10.6 Å². The molecule has 0 saturated heterocycles. The average Bonchev–Trinajstić information content (AvgIpc) is 2.26. The van der Waals surface area contributed by atoms with Gasteiger partial charge >= 0.3 is 0 Å². The molecule has 0 aromatic heterocycles. The van der Waals surface area contributed by atoms with E-state index in [4.69, 9.17) is 21.4 Å². The molecule has 3 heteroatoms. The molecule has 0 atom stereocenters. The number of aliphatic hydroxyl groups is 1. The van der Waals surface area contributed by atoms with Crippen molar-refractivity contribution in [3.8, 4) is 5.75 Å². The monoisotopic (exact) mass is 228 g/mol. The van der Waals surface area contributed by atoms with Crippen molar-refractivity contribution in [3.63, 3.8) is 0 Å². The van der Waals surface area contributed by atoms with E-state index in [1.165, 1.54) is 12.8 Å². The van der Waals surface area contributed by atoms with Crippen LogP contribution in [-0.2, 0) is 6.61 Å². The molecular weight excluding hydrogens is 212 g/mol. The standard InChI is InChI=1S/C12H17ClO2/c1-2-3-4-7-15-12-6-5-11(13)8-10(12)9-14/h5-6,8,14H,2-4,7,9H2,1H3. The lowest BCUT2D eigenvalue weighted by atomic mass is 10.2. The molecule has 0 bridgehead atoms. The predicted octanol–water partition coefficient (Wildman–Crippen LogP) is 3.40. The molecule has 2 nitrogen and oxygen atoms in total. The quantitative estimate of drug-likeness (QED) is 0.757. The van der Waals surface area contributed by atoms with Crippen LogP contribution in [0.25, 0.3) is 0 Å². The molecule has 1 aromatic carbocycles. The van der Waals surface area contributed by atoms with Crippen molar-refractivity contribution < 1.29 is 9.84 Å². The molecule has 1 rings (SSSR count). The third kappa shape index (κ3) is 4.10. The highest BCUT2D eigenvalue weighted by Crippen LogP contribution is 2.23. The Bertz CT molecular complexity index is 300. The number of hydrogen-bond acceptors (Lipinski definition) is 2. The van der Waals surface area contributed by atoms with E-state index in [1.807, 2.05) is 0 Å². The van der Waals surface area contributed by atoms with Crippen LogP contribution in [0.5, 0.6) is 5.75 Å². The van der Waals surface area contributed by atoms with E-state index in [-0.39, 0.29) is 6.61 Å². The smallest absolute Gasteiger partial charge is 0.124 e. The number of ether oxygens (including phenoxy) is 1. The van der Waals surface area contributed by atoms with Gasteiger partial charge < -0.3 is 9.84 Å². The van der Waals surface area contributed by atoms with Crippen LogP contribution < -0.4 is 4.74 Å². The Hall–Kier alpha value is -0.730. The molecule has 1 aromatic rings. The minimum absolute atomic E-state index is 0.0380. The summed E-state index contributed by atoms with van der Waals surface area (Å²) in [6.07, 6.45) is 3.39. The number of benzene rings is 1. The molecule has 0 amide bonds. The SMILES string of the molecule is CCCCCOc1ccc(Cl)cc1CO. The highest BCUT2D eigenvalue weighted by atomic mass is 35.5. The van der Waals surface area contributed by atoms with Gasteiger partial charge in [-0.2, -0.15) is 0 Å². The second-order valence-electron chi connectivity index (χ2n) is 3.47. The number of aliphatic hydroxyl groups excluding tert-OH is 1. The van der Waals surface area contributed by atoms with Crippen LogP contribution in [-0.4, -0.2) is 11.7 Å². The lowest BCUT2D eigenvalue weighted by molar-refractivity contribution is 0.260. The Morgan fingerprint density at radius 2 is 2.13 bits per heavy atom. The van der Waals surface area contributed by atoms with Crippen LogP contribution >= 0.6 is 11.6 Å². The van der Waals surface area contributed by atoms with Crippen LogP contribution in [0.2, 0.25) is 5.02 Å². The molecule has 0 aliphatic rings. The summed E-state index contributed by atoms with van der Waals surface area (Å²) in [4.78, 5) is 0. The Morgan fingerprint density at radius 3 is 2.80 bits per heavy atom. The maximum Gasteiger partial charge on any atom is 0.124 e. The molecule has 0 heterocycles. The Morgan fingerprint density at radius 1 is 1.33 bits per heavy atom. The van der Waals surface area contributed by atoms with Crippen LogP contribution in [0.4, 0.5) is 0 Å². The fourth-order valence-electron chi connectivity index (χ4n) is 1.35. The highest BCUT2D eigenvalue weighted by molar-refractivity contribution is 6.30. The Balaban J connectivity index is 2.52. The molecule has 0 saturated carbocycles. The lowest BCUT2D eigenvalue weighted by Crippen LogP contribution is -2.00. The van der Waals surface area contributed by atoms with Crippen molar-refractivity contribution in [2.75, 3.05) is 6.61 Å². The van der Waals surface area contributed by atoms with Gasteiger partial charge in [-0.25, -0.2) is 0 Å². The predicted molar refractivity (Wildman–Crippen MR) is 62.4 cm³/mol. The number of hydrogen-bond donors (Lipinski definition) is 1. The van der Waals surface area contributed by atoms with Gasteiger partial charge in [-0.05, 0) is 24.6 Å². The number of rotatable bonds is 6. The number of unbranched alkanes of at least 4 members (excludes halogenated alkanes) is 2. The fraction of sp³-hybridized carbons (Fsp3) is 0.500. The molecule has 0 aliphatic heterocycles. The third-order valence-corrected chi connectivity index (χ3v) is 2.43. The van der Waals surface area contributed by atoms with Crippen LogP contribution in [0.1, 0.15) is 31.7 Å². The Labute approximate surface area is 95.8 Å². The van der Waals surface area contributed by atoms with Crippen molar-refractivity contribution in [1.82, 2.24) is 0 Å². The Kier molecular flexibility index (Phi) is 5.51. The fourth-order valence-corrected chi connectivity index (χ4v) is 1.54. The second-order valence-corrected chi connectivity index (χ2v) is 3.90. The summed E-state index contributed by atoms with van der Waals surface area (Å²) in [5.74, 6) is 0.734. The molecule has 0 unspecified atom stereocenters. The van der Waals surface area contributed by atoms with Crippen molar-refractivity contribution in [2.45, 2.75) is 32.8 Å². The summed E-state index contributed by atoms with van der Waals surface area (Å²) in [7, 11) is 0. The largest absolute Gasteiger partial charge is 0.493 e. The number of halogens is 1. The minimum atomic E-state index is -0.0380. The molecule has 0 spiro atoms. The van der Waals surface area contributed by atoms with Crippen LogP contribution in [0, 0.1) is 0 Å². The maximum atomic E-state index is 9.11. The van der Waals surface area contributed by atoms with E-state index in [9.17, 15) is 0 Å². The lowest BCUT2D eigenvalue weighted by Gasteiger charge is -2.09. The molecule has 0 radical (unpaired) electrons. The van der Waals surface area contributed by atoms with Gasteiger partial charge in [-0.3, -0.25) is 0 Å². The molecule has 84 valence electrons. The van der Waals surface area contributed by atoms with E-state index in [1.54, 1.807) is 18.2 Å². The summed E-state index contributed by atoms with van der Waals surface area (Å²) < 4.78 is 5.57. The topological polar surface area (TPSA) is 29.5 Å². The molecule has 1 N–H and O–H groups in total. The zero-order chi connectivity index (χ0) is 11.1. The van der Waals surface area contributed by atoms with E-state index in [0.717, 1.165) is 17.7 Å². The first kappa shape index (κ1) is 12.3. The van der Waals surface area contributed by atoms with Gasteiger partial charge in [-0.1, -0.05) is 31.4 Å². The first-order valence-corrected chi connectivity index (χ1v) is 5.67. The third-order valence-electron chi connectivity index (χ3n) is 2.20. The second kappa shape index (κ2) is 6.70. The van der Waals surface area contributed by atoms with E-state index >= 15 is 0 Å². The maximum absolute atomic E-state index is 9.11. The van der Waals surface area contributed by atoms with Gasteiger partial charge in [0.25, 0.3) is 0 Å². The summed E-state index contributed by atoms with van der Waals surface area (Å²) >= 11 is 5.81. The van der Waals surface area contributed by atoms with Gasteiger partial charge in [-0.15, -0.1) is 0 Å². The van der Waals surface area contributed by atoms with Crippen molar-refractivity contribution in [2.24, 2.45) is 0 Å². The van der Waals surface area contributed by atoms with Crippen molar-refractivity contribution in [3.05, 3.63) is 28.8 Å². The summed E-state index contributed by atoms with van der Waals surface area (Å²) in [6.45, 7) is 2.81. The summed E-state index contributed by atoms with van der Waals surface area (Å²) in [6, 6.07) is 5.31. The normalized spacial score (nSPS) is 10.3. The minimum Gasteiger partial charge on any atom is -0.493 e. The molecule has 0 fully saturated rings. The average molecular weight is 229 g/mol.